The second-order valence-electron chi connectivity index (χ2n) is 6.37. The molecule has 2 rings (SSSR count). The zero-order valence-corrected chi connectivity index (χ0v) is 17.0. The Morgan fingerprint density at radius 2 is 1.89 bits per heavy atom. The van der Waals surface area contributed by atoms with Crippen LogP contribution in [0.2, 0.25) is 0 Å². The molecule has 0 saturated carbocycles. The van der Waals surface area contributed by atoms with Crippen LogP contribution in [0.5, 0.6) is 0 Å². The van der Waals surface area contributed by atoms with Crippen LogP contribution in [0.25, 0.3) is 0 Å². The van der Waals surface area contributed by atoms with Gasteiger partial charge in [-0.1, -0.05) is 29.3 Å². The first kappa shape index (κ1) is 21.1. The minimum Gasteiger partial charge on any atom is -0.464 e. The number of ether oxygens (including phenoxy) is 1. The number of amides is 3. The number of nitrogens with one attached hydrogen (secondary N) is 1. The van der Waals surface area contributed by atoms with E-state index in [1.807, 2.05) is 6.92 Å². The minimum atomic E-state index is -0.731. The molecule has 0 spiro atoms. The molecule has 0 unspecified atom stereocenters. The number of carbonyl (C=O) groups is 4. The molecule has 27 heavy (non-hydrogen) atoms. The van der Waals surface area contributed by atoms with Gasteiger partial charge in [0.05, 0.1) is 17.7 Å². The fourth-order valence-electron chi connectivity index (χ4n) is 2.68. The molecule has 0 aliphatic carbocycles. The largest absolute Gasteiger partial charge is 0.464 e. The Hall–Kier alpha value is -2.22. The molecule has 0 fully saturated rings. The van der Waals surface area contributed by atoms with Crippen molar-refractivity contribution in [2.75, 3.05) is 13.2 Å². The van der Waals surface area contributed by atoms with Crippen molar-refractivity contribution in [1.82, 2.24) is 10.2 Å². The van der Waals surface area contributed by atoms with Crippen molar-refractivity contribution in [3.05, 3.63) is 33.8 Å². The molecule has 0 aromatic heterocycles. The van der Waals surface area contributed by atoms with Crippen LogP contribution in [0.3, 0.4) is 0 Å². The van der Waals surface area contributed by atoms with E-state index >= 15 is 0 Å². The maximum atomic E-state index is 12.3. The van der Waals surface area contributed by atoms with Crippen LogP contribution >= 0.6 is 15.9 Å². The van der Waals surface area contributed by atoms with Gasteiger partial charge >= 0.3 is 5.97 Å². The van der Waals surface area contributed by atoms with Crippen LogP contribution in [0.15, 0.2) is 22.7 Å². The lowest BCUT2D eigenvalue weighted by atomic mass is 10.1. The van der Waals surface area contributed by atoms with E-state index < -0.39 is 12.0 Å². The van der Waals surface area contributed by atoms with E-state index in [0.717, 1.165) is 22.2 Å². The van der Waals surface area contributed by atoms with Gasteiger partial charge in [0.2, 0.25) is 5.91 Å². The summed E-state index contributed by atoms with van der Waals surface area (Å²) in [5, 5.41) is 2.57. The molecular weight excluding hydrogens is 416 g/mol. The van der Waals surface area contributed by atoms with E-state index in [-0.39, 0.29) is 30.7 Å². The van der Waals surface area contributed by atoms with Crippen LogP contribution in [0.1, 0.15) is 60.2 Å². The highest BCUT2D eigenvalue weighted by Gasteiger charge is 2.35. The fraction of sp³-hybridized carbons (Fsp3) is 0.474. The van der Waals surface area contributed by atoms with Crippen molar-refractivity contribution in [2.45, 2.75) is 45.6 Å². The van der Waals surface area contributed by atoms with E-state index in [1.165, 1.54) is 0 Å². The zero-order valence-electron chi connectivity index (χ0n) is 15.4. The van der Waals surface area contributed by atoms with Crippen molar-refractivity contribution < 1.29 is 23.9 Å². The maximum absolute atomic E-state index is 12.3. The summed E-state index contributed by atoms with van der Waals surface area (Å²) in [5.74, 6) is -1.50. The predicted molar refractivity (Wildman–Crippen MR) is 102 cm³/mol. The second kappa shape index (κ2) is 9.64. The highest BCUT2D eigenvalue weighted by Crippen LogP contribution is 2.26. The molecule has 0 saturated heterocycles. The van der Waals surface area contributed by atoms with Gasteiger partial charge in [0.25, 0.3) is 11.8 Å². The summed E-state index contributed by atoms with van der Waals surface area (Å²) in [5.41, 5.74) is 0.735. The molecule has 146 valence electrons. The third kappa shape index (κ3) is 5.38. The number of unbranched alkanes of at least 4 members (excludes halogenated alkanes) is 1. The summed E-state index contributed by atoms with van der Waals surface area (Å²) in [4.78, 5) is 49.5. The molecule has 1 aromatic carbocycles. The molecule has 1 aliphatic heterocycles. The number of hydrogen-bond donors (Lipinski definition) is 1. The Labute approximate surface area is 166 Å². The number of carbonyl (C=O) groups excluding carboxylic acids is 4. The monoisotopic (exact) mass is 438 g/mol. The molecule has 0 bridgehead atoms. The first-order valence-electron chi connectivity index (χ1n) is 8.97. The highest BCUT2D eigenvalue weighted by atomic mass is 79.9. The normalized spacial score (nSPS) is 14.1. The second-order valence-corrected chi connectivity index (χ2v) is 7.28. The van der Waals surface area contributed by atoms with Gasteiger partial charge in [0, 0.05) is 17.4 Å². The SMILES string of the molecule is CCCCOC(=O)[C@@H](C)NC(=O)CCCN1C(=O)c2ccc(Br)cc2C1=O. The number of benzene rings is 1. The lowest BCUT2D eigenvalue weighted by molar-refractivity contribution is -0.147. The molecule has 1 N–H and O–H groups in total. The molecule has 8 heteroatoms. The Balaban J connectivity index is 1.78. The van der Waals surface area contributed by atoms with Crippen LogP contribution in [0, 0.1) is 0 Å². The topological polar surface area (TPSA) is 92.8 Å². The van der Waals surface area contributed by atoms with E-state index in [2.05, 4.69) is 21.2 Å². The van der Waals surface area contributed by atoms with Crippen molar-refractivity contribution in [2.24, 2.45) is 0 Å². The maximum Gasteiger partial charge on any atom is 0.328 e. The number of hydrogen-bond acceptors (Lipinski definition) is 5. The van der Waals surface area contributed by atoms with Crippen molar-refractivity contribution in [3.63, 3.8) is 0 Å². The number of esters is 1. The highest BCUT2D eigenvalue weighted by molar-refractivity contribution is 9.10. The van der Waals surface area contributed by atoms with Gasteiger partial charge in [-0.15, -0.1) is 0 Å². The number of rotatable bonds is 9. The summed E-state index contributed by atoms with van der Waals surface area (Å²) in [7, 11) is 0. The molecule has 0 radical (unpaired) electrons. The lowest BCUT2D eigenvalue weighted by Gasteiger charge is -2.15. The van der Waals surface area contributed by atoms with Gasteiger partial charge in [-0.3, -0.25) is 19.3 Å². The van der Waals surface area contributed by atoms with Gasteiger partial charge in [0.15, 0.2) is 0 Å². The molecule has 1 heterocycles. The number of halogens is 1. The molecular formula is C19H23BrN2O5. The molecule has 1 aliphatic rings. The molecule has 1 aromatic rings. The van der Waals surface area contributed by atoms with Gasteiger partial charge in [-0.25, -0.2) is 4.79 Å². The average Bonchev–Trinajstić information content (AvgIpc) is 2.86. The smallest absolute Gasteiger partial charge is 0.328 e. The van der Waals surface area contributed by atoms with Crippen LogP contribution in [-0.2, 0) is 14.3 Å². The van der Waals surface area contributed by atoms with Crippen molar-refractivity contribution in [3.8, 4) is 0 Å². The van der Waals surface area contributed by atoms with E-state index in [4.69, 9.17) is 4.74 Å². The van der Waals surface area contributed by atoms with Gasteiger partial charge < -0.3 is 10.1 Å². The Morgan fingerprint density at radius 3 is 2.59 bits per heavy atom. The van der Waals surface area contributed by atoms with E-state index in [0.29, 0.717) is 24.2 Å². The van der Waals surface area contributed by atoms with Crippen LogP contribution in [-0.4, -0.2) is 47.8 Å². The van der Waals surface area contributed by atoms with Crippen LogP contribution in [0.4, 0.5) is 0 Å². The Morgan fingerprint density at radius 1 is 1.19 bits per heavy atom. The molecule has 3 amide bonds. The summed E-state index contributed by atoms with van der Waals surface area (Å²) < 4.78 is 5.77. The van der Waals surface area contributed by atoms with Crippen LogP contribution < -0.4 is 5.32 Å². The third-order valence-corrected chi connectivity index (χ3v) is 4.68. The zero-order chi connectivity index (χ0) is 20.0. The quantitative estimate of drug-likeness (QED) is 0.363. The average molecular weight is 439 g/mol. The number of fused-ring (bicyclic) bond motifs is 1. The van der Waals surface area contributed by atoms with Gasteiger partial charge in [-0.2, -0.15) is 0 Å². The standard InChI is InChI=1S/C19H23BrN2O5/c1-3-4-10-27-19(26)12(2)21-16(23)6-5-9-22-17(24)14-8-7-13(20)11-15(14)18(22)25/h7-8,11-12H,3-6,9-10H2,1-2H3,(H,21,23)/t12-/m1/s1. The fourth-order valence-corrected chi connectivity index (χ4v) is 3.04. The van der Waals surface area contributed by atoms with E-state index in [9.17, 15) is 19.2 Å². The molecule has 1 atom stereocenters. The first-order valence-corrected chi connectivity index (χ1v) is 9.76. The predicted octanol–water partition coefficient (Wildman–Crippen LogP) is 2.67. The van der Waals surface area contributed by atoms with E-state index in [1.54, 1.807) is 25.1 Å². The Bertz CT molecular complexity index is 750. The lowest BCUT2D eigenvalue weighted by Crippen LogP contribution is -2.40. The summed E-state index contributed by atoms with van der Waals surface area (Å²) >= 11 is 3.29. The summed E-state index contributed by atoms with van der Waals surface area (Å²) in [6.45, 7) is 4.04. The van der Waals surface area contributed by atoms with Gasteiger partial charge in [0.1, 0.15) is 6.04 Å². The summed E-state index contributed by atoms with van der Waals surface area (Å²) in [6, 6.07) is 4.21. The minimum absolute atomic E-state index is 0.101. The van der Waals surface area contributed by atoms with Crippen molar-refractivity contribution >= 4 is 39.6 Å². The third-order valence-electron chi connectivity index (χ3n) is 4.19. The first-order chi connectivity index (χ1) is 12.8. The summed E-state index contributed by atoms with van der Waals surface area (Å²) in [6.07, 6.45) is 2.12. The molecule has 7 nitrogen and oxygen atoms in total. The van der Waals surface area contributed by atoms with Gasteiger partial charge in [-0.05, 0) is 38.0 Å². The number of imide groups is 1. The Kier molecular flexibility index (Phi) is 7.53. The van der Waals surface area contributed by atoms with Crippen molar-refractivity contribution in [1.29, 1.82) is 0 Å². The number of nitrogens with zero attached hydrogens (tertiary/aromatic N) is 1.